The van der Waals surface area contributed by atoms with Crippen molar-refractivity contribution >= 4 is 0 Å². The summed E-state index contributed by atoms with van der Waals surface area (Å²) in [7, 11) is 1.78. The first-order chi connectivity index (χ1) is 7.29. The molecule has 0 amide bonds. The van der Waals surface area contributed by atoms with Gasteiger partial charge < -0.3 is 9.47 Å². The van der Waals surface area contributed by atoms with Crippen LogP contribution < -0.4 is 0 Å². The molecule has 1 saturated carbocycles. The summed E-state index contributed by atoms with van der Waals surface area (Å²) >= 11 is 0. The highest BCUT2D eigenvalue weighted by Gasteiger charge is 2.70. The monoisotopic (exact) mass is 204 g/mol. The van der Waals surface area contributed by atoms with Gasteiger partial charge in [0.05, 0.1) is 6.10 Å². The topological polar surface area (TPSA) is 18.5 Å². The van der Waals surface area contributed by atoms with Gasteiger partial charge in [0.1, 0.15) is 5.60 Å². The summed E-state index contributed by atoms with van der Waals surface area (Å²) < 4.78 is 11.4. The smallest absolute Gasteiger partial charge is 0.125 e. The first-order valence-electron chi connectivity index (χ1n) is 5.53. The van der Waals surface area contributed by atoms with E-state index in [0.717, 1.165) is 13.0 Å². The second-order valence-corrected chi connectivity index (χ2v) is 4.56. The molecule has 2 nitrogen and oxygen atoms in total. The lowest BCUT2D eigenvalue weighted by Gasteiger charge is -2.15. The standard InChI is InChI=1S/C13H16O2/c1-9-3-5-10(6-4-9)13-11(7-8-15-13)12(13)14-2/h3-6,11-12H,7-8H2,1-2H3/t11-,12-,13-/m1/s1. The highest BCUT2D eigenvalue weighted by molar-refractivity contribution is 5.37. The second-order valence-electron chi connectivity index (χ2n) is 4.56. The van der Waals surface area contributed by atoms with Crippen molar-refractivity contribution in [3.63, 3.8) is 0 Å². The third kappa shape index (κ3) is 1.12. The molecule has 0 radical (unpaired) electrons. The number of benzene rings is 1. The maximum Gasteiger partial charge on any atom is 0.125 e. The van der Waals surface area contributed by atoms with E-state index in [9.17, 15) is 0 Å². The molecule has 0 unspecified atom stereocenters. The molecule has 1 aromatic rings. The molecule has 0 N–H and O–H groups in total. The van der Waals surface area contributed by atoms with Crippen LogP contribution in [0.5, 0.6) is 0 Å². The Morgan fingerprint density at radius 1 is 1.33 bits per heavy atom. The van der Waals surface area contributed by atoms with Gasteiger partial charge in [0.25, 0.3) is 0 Å². The maximum atomic E-state index is 5.92. The molecule has 2 aliphatic rings. The molecule has 80 valence electrons. The van der Waals surface area contributed by atoms with Gasteiger partial charge in [0.15, 0.2) is 0 Å². The summed E-state index contributed by atoms with van der Waals surface area (Å²) in [6.45, 7) is 2.98. The van der Waals surface area contributed by atoms with Crippen molar-refractivity contribution in [2.75, 3.05) is 13.7 Å². The molecule has 0 spiro atoms. The van der Waals surface area contributed by atoms with Gasteiger partial charge in [-0.2, -0.15) is 0 Å². The van der Waals surface area contributed by atoms with Gasteiger partial charge in [0.2, 0.25) is 0 Å². The van der Waals surface area contributed by atoms with Crippen molar-refractivity contribution in [1.82, 2.24) is 0 Å². The highest BCUT2D eigenvalue weighted by atomic mass is 16.6. The number of rotatable bonds is 2. The number of ether oxygens (including phenoxy) is 2. The average Bonchev–Trinajstić information content (AvgIpc) is 2.66. The van der Waals surface area contributed by atoms with Crippen molar-refractivity contribution in [3.8, 4) is 0 Å². The fourth-order valence-electron chi connectivity index (χ4n) is 2.92. The van der Waals surface area contributed by atoms with Crippen LogP contribution >= 0.6 is 0 Å². The van der Waals surface area contributed by atoms with Gasteiger partial charge in [-0.3, -0.25) is 0 Å². The van der Waals surface area contributed by atoms with Crippen LogP contribution in [0.1, 0.15) is 17.5 Å². The molecule has 3 atom stereocenters. The minimum absolute atomic E-state index is 0.109. The Morgan fingerprint density at radius 3 is 2.67 bits per heavy atom. The Hall–Kier alpha value is -0.860. The summed E-state index contributed by atoms with van der Waals surface area (Å²) in [4.78, 5) is 0. The molecule has 2 heteroatoms. The van der Waals surface area contributed by atoms with E-state index >= 15 is 0 Å². The molecule has 2 fully saturated rings. The minimum atomic E-state index is -0.109. The van der Waals surface area contributed by atoms with E-state index in [-0.39, 0.29) is 11.7 Å². The molecule has 0 bridgehead atoms. The number of aryl methyl sites for hydroxylation is 1. The lowest BCUT2D eigenvalue weighted by molar-refractivity contribution is -0.000399. The molecule has 1 aromatic carbocycles. The summed E-state index contributed by atoms with van der Waals surface area (Å²) in [5, 5.41) is 0. The van der Waals surface area contributed by atoms with Crippen LogP contribution in [0.3, 0.4) is 0 Å². The molecule has 1 saturated heterocycles. The Kier molecular flexibility index (Phi) is 1.91. The summed E-state index contributed by atoms with van der Waals surface area (Å²) in [6, 6.07) is 8.64. The number of hydrogen-bond acceptors (Lipinski definition) is 2. The van der Waals surface area contributed by atoms with Gasteiger partial charge in [-0.05, 0) is 18.9 Å². The van der Waals surface area contributed by atoms with Gasteiger partial charge in [-0.15, -0.1) is 0 Å². The van der Waals surface area contributed by atoms with Gasteiger partial charge in [-0.25, -0.2) is 0 Å². The predicted octanol–water partition coefficient (Wildman–Crippen LogP) is 2.26. The Morgan fingerprint density at radius 2 is 2.07 bits per heavy atom. The van der Waals surface area contributed by atoms with Crippen LogP contribution in [0.25, 0.3) is 0 Å². The van der Waals surface area contributed by atoms with E-state index in [1.54, 1.807) is 7.11 Å². The summed E-state index contributed by atoms with van der Waals surface area (Å²) in [5.74, 6) is 0.574. The lowest BCUT2D eigenvalue weighted by Crippen LogP contribution is -2.17. The lowest BCUT2D eigenvalue weighted by atomic mass is 10.0. The normalized spacial score (nSPS) is 37.7. The Bertz CT molecular complexity index is 365. The third-order valence-corrected chi connectivity index (χ3v) is 3.76. The predicted molar refractivity (Wildman–Crippen MR) is 57.7 cm³/mol. The zero-order chi connectivity index (χ0) is 10.5. The zero-order valence-electron chi connectivity index (χ0n) is 9.19. The second kappa shape index (κ2) is 3.06. The molecule has 3 rings (SSSR count). The van der Waals surface area contributed by atoms with Gasteiger partial charge in [0, 0.05) is 19.6 Å². The van der Waals surface area contributed by atoms with Crippen molar-refractivity contribution in [2.45, 2.75) is 25.0 Å². The van der Waals surface area contributed by atoms with E-state index < -0.39 is 0 Å². The molecule has 1 heterocycles. The summed E-state index contributed by atoms with van der Waals surface area (Å²) in [5.41, 5.74) is 2.46. The average molecular weight is 204 g/mol. The van der Waals surface area contributed by atoms with Crippen LogP contribution in [0.2, 0.25) is 0 Å². The zero-order valence-corrected chi connectivity index (χ0v) is 9.19. The largest absolute Gasteiger partial charge is 0.378 e. The van der Waals surface area contributed by atoms with Crippen molar-refractivity contribution in [3.05, 3.63) is 35.4 Å². The first kappa shape index (κ1) is 9.37. The van der Waals surface area contributed by atoms with Crippen LogP contribution in [0.15, 0.2) is 24.3 Å². The van der Waals surface area contributed by atoms with E-state index in [1.165, 1.54) is 11.1 Å². The van der Waals surface area contributed by atoms with Gasteiger partial charge in [-0.1, -0.05) is 29.8 Å². The number of methoxy groups -OCH3 is 1. The molecule has 15 heavy (non-hydrogen) atoms. The molecular weight excluding hydrogens is 188 g/mol. The highest BCUT2D eigenvalue weighted by Crippen LogP contribution is 2.62. The quantitative estimate of drug-likeness (QED) is 0.735. The van der Waals surface area contributed by atoms with Crippen molar-refractivity contribution < 1.29 is 9.47 Å². The van der Waals surface area contributed by atoms with E-state index in [4.69, 9.17) is 9.47 Å². The van der Waals surface area contributed by atoms with Crippen LogP contribution in [-0.2, 0) is 15.1 Å². The first-order valence-corrected chi connectivity index (χ1v) is 5.53. The fraction of sp³-hybridized carbons (Fsp3) is 0.538. The Balaban J connectivity index is 1.96. The Labute approximate surface area is 90.2 Å². The van der Waals surface area contributed by atoms with E-state index in [2.05, 4.69) is 31.2 Å². The van der Waals surface area contributed by atoms with E-state index in [1.807, 2.05) is 0 Å². The van der Waals surface area contributed by atoms with Crippen LogP contribution in [-0.4, -0.2) is 19.8 Å². The SMILES string of the molecule is CO[C@@H]1[C@H]2CCO[C@]21c1ccc(C)cc1. The molecule has 1 aliphatic heterocycles. The van der Waals surface area contributed by atoms with Crippen LogP contribution in [0.4, 0.5) is 0 Å². The molecule has 0 aromatic heterocycles. The maximum absolute atomic E-state index is 5.92. The number of fused-ring (bicyclic) bond motifs is 1. The van der Waals surface area contributed by atoms with Crippen molar-refractivity contribution in [2.24, 2.45) is 5.92 Å². The van der Waals surface area contributed by atoms with E-state index in [0.29, 0.717) is 5.92 Å². The minimum Gasteiger partial charge on any atom is -0.378 e. The van der Waals surface area contributed by atoms with Crippen molar-refractivity contribution in [1.29, 1.82) is 0 Å². The fourth-order valence-corrected chi connectivity index (χ4v) is 2.92. The van der Waals surface area contributed by atoms with Crippen LogP contribution in [0, 0.1) is 12.8 Å². The third-order valence-electron chi connectivity index (χ3n) is 3.76. The van der Waals surface area contributed by atoms with Gasteiger partial charge >= 0.3 is 0 Å². The molecular formula is C13H16O2. The number of hydrogen-bond donors (Lipinski definition) is 0. The molecule has 1 aliphatic carbocycles. The summed E-state index contributed by atoms with van der Waals surface area (Å²) in [6.07, 6.45) is 1.40.